The number of aryl methyl sites for hydroxylation is 3. The molecule has 0 aliphatic heterocycles. The molecule has 1 atom stereocenters. The first-order valence-electron chi connectivity index (χ1n) is 11.7. The number of hydrogen-bond acceptors (Lipinski definition) is 5. The third kappa shape index (κ3) is 4.28. The van der Waals surface area contributed by atoms with E-state index in [9.17, 15) is 9.90 Å². The van der Waals surface area contributed by atoms with Crippen molar-refractivity contribution in [3.05, 3.63) is 40.1 Å². The summed E-state index contributed by atoms with van der Waals surface area (Å²) in [6.07, 6.45) is 8.16. The highest BCUT2D eigenvalue weighted by atomic mass is 32.2. The smallest absolute Gasteiger partial charge is 0.329 e. The Morgan fingerprint density at radius 2 is 1.88 bits per heavy atom. The summed E-state index contributed by atoms with van der Waals surface area (Å²) in [5.41, 5.74) is 6.50. The van der Waals surface area contributed by atoms with Crippen LogP contribution < -0.4 is 10.0 Å². The Hall–Kier alpha value is -2.03. The number of rotatable bonds is 9. The molecule has 1 unspecified atom stereocenters. The number of benzene rings is 1. The highest BCUT2D eigenvalue weighted by Gasteiger charge is 2.35. The lowest BCUT2D eigenvalue weighted by atomic mass is 9.94. The number of aliphatic hydroxyl groups excluding tert-OH is 1. The molecule has 2 aliphatic rings. The van der Waals surface area contributed by atoms with Gasteiger partial charge in [-0.15, -0.1) is 0 Å². The molecule has 2 amide bonds. The van der Waals surface area contributed by atoms with Crippen LogP contribution in [-0.2, 0) is 42.6 Å². The third-order valence-electron chi connectivity index (χ3n) is 6.78. The number of hydrogen-bond donors (Lipinski definition) is 3. The van der Waals surface area contributed by atoms with Gasteiger partial charge in [0.25, 0.3) is 0 Å². The number of carbonyl (C=O) groups is 1. The zero-order chi connectivity index (χ0) is 22.7. The minimum absolute atomic E-state index is 0.120. The van der Waals surface area contributed by atoms with E-state index in [1.165, 1.54) is 34.2 Å². The van der Waals surface area contributed by atoms with Crippen LogP contribution in [0.25, 0.3) is 0 Å². The van der Waals surface area contributed by atoms with Gasteiger partial charge in [0.15, 0.2) is 0 Å². The normalized spacial score (nSPS) is 16.5. The second kappa shape index (κ2) is 9.85. The highest BCUT2D eigenvalue weighted by molar-refractivity contribution is 7.97. The highest BCUT2D eigenvalue weighted by Crippen LogP contribution is 2.38. The maximum absolute atomic E-state index is 12.8. The number of nitrogens with zero attached hydrogens (tertiary/aromatic N) is 2. The van der Waals surface area contributed by atoms with Gasteiger partial charge in [-0.1, -0.05) is 19.4 Å². The molecule has 0 fully saturated rings. The summed E-state index contributed by atoms with van der Waals surface area (Å²) in [6.45, 7) is 4.60. The molecular formula is C24H34N4O3S. The number of methoxy groups -OCH3 is 1. The van der Waals surface area contributed by atoms with Crippen molar-refractivity contribution in [2.45, 2.75) is 82.4 Å². The summed E-state index contributed by atoms with van der Waals surface area (Å²) in [5, 5.41) is 18.5. The Balaban J connectivity index is 1.49. The molecule has 0 bridgehead atoms. The van der Waals surface area contributed by atoms with Crippen LogP contribution in [0, 0.1) is 0 Å². The Labute approximate surface area is 194 Å². The predicted octanol–water partition coefficient (Wildman–Crippen LogP) is 4.34. The predicted molar refractivity (Wildman–Crippen MR) is 127 cm³/mol. The van der Waals surface area contributed by atoms with Gasteiger partial charge in [0, 0.05) is 31.3 Å². The van der Waals surface area contributed by atoms with E-state index >= 15 is 0 Å². The van der Waals surface area contributed by atoms with Crippen LogP contribution in [0.15, 0.2) is 17.2 Å². The summed E-state index contributed by atoms with van der Waals surface area (Å²) in [5.74, 6) is 0. The van der Waals surface area contributed by atoms with Gasteiger partial charge in [0.2, 0.25) is 0 Å². The minimum atomic E-state index is -0.788. The number of carbonyl (C=O) groups excluding carboxylic acids is 1. The number of nitrogens with one attached hydrogen (secondary N) is 2. The maximum Gasteiger partial charge on any atom is 0.329 e. The molecule has 0 saturated heterocycles. The summed E-state index contributed by atoms with van der Waals surface area (Å²) in [7, 11) is 1.62. The lowest BCUT2D eigenvalue weighted by molar-refractivity contribution is -0.0696. The van der Waals surface area contributed by atoms with Gasteiger partial charge >= 0.3 is 6.03 Å². The van der Waals surface area contributed by atoms with E-state index in [-0.39, 0.29) is 12.6 Å². The van der Waals surface area contributed by atoms with E-state index < -0.39 is 5.60 Å². The second-order valence-corrected chi connectivity index (χ2v) is 9.51. The van der Waals surface area contributed by atoms with Gasteiger partial charge in [-0.05, 0) is 80.2 Å². The van der Waals surface area contributed by atoms with E-state index in [2.05, 4.69) is 28.1 Å². The molecule has 0 saturated carbocycles. The number of anilines is 1. The average molecular weight is 459 g/mol. The Morgan fingerprint density at radius 3 is 2.44 bits per heavy atom. The number of ether oxygens (including phenoxy) is 1. The van der Waals surface area contributed by atoms with Crippen molar-refractivity contribution in [1.29, 1.82) is 0 Å². The fourth-order valence-corrected chi connectivity index (χ4v) is 5.78. The van der Waals surface area contributed by atoms with E-state index in [0.717, 1.165) is 56.3 Å². The van der Waals surface area contributed by atoms with Crippen molar-refractivity contribution in [3.63, 3.8) is 0 Å². The lowest BCUT2D eigenvalue weighted by Crippen LogP contribution is -2.35. The van der Waals surface area contributed by atoms with Gasteiger partial charge in [0.1, 0.15) is 10.6 Å². The summed E-state index contributed by atoms with van der Waals surface area (Å²) >= 11 is 1.19. The van der Waals surface area contributed by atoms with Crippen molar-refractivity contribution in [3.8, 4) is 0 Å². The molecule has 7 nitrogen and oxygen atoms in total. The molecular weight excluding hydrogens is 424 g/mol. The Bertz CT molecular complexity index is 952. The Kier molecular flexibility index (Phi) is 7.12. The molecule has 4 rings (SSSR count). The third-order valence-corrected chi connectivity index (χ3v) is 7.48. The average Bonchev–Trinajstić information content (AvgIpc) is 3.55. The van der Waals surface area contributed by atoms with Crippen molar-refractivity contribution in [1.82, 2.24) is 14.5 Å². The summed E-state index contributed by atoms with van der Waals surface area (Å²) in [4.78, 5) is 12.8. The number of fused-ring (bicyclic) bond motifs is 2. The molecule has 0 radical (unpaired) electrons. The van der Waals surface area contributed by atoms with Crippen LogP contribution in [0.3, 0.4) is 0 Å². The number of amides is 2. The first kappa shape index (κ1) is 23.1. The fourth-order valence-electron chi connectivity index (χ4n) is 5.22. The monoisotopic (exact) mass is 458 g/mol. The summed E-state index contributed by atoms with van der Waals surface area (Å²) in [6, 6.07) is 4.04. The molecule has 32 heavy (non-hydrogen) atoms. The maximum atomic E-state index is 12.8. The molecule has 2 aromatic rings. The van der Waals surface area contributed by atoms with Gasteiger partial charge in [-0.2, -0.15) is 5.10 Å². The van der Waals surface area contributed by atoms with Gasteiger partial charge in [0.05, 0.1) is 12.3 Å². The minimum Gasteiger partial charge on any atom is -0.393 e. The van der Waals surface area contributed by atoms with Gasteiger partial charge in [-0.25, -0.2) is 4.79 Å². The van der Waals surface area contributed by atoms with Crippen molar-refractivity contribution in [2.75, 3.05) is 19.0 Å². The molecule has 1 heterocycles. The zero-order valence-electron chi connectivity index (χ0n) is 19.3. The first-order valence-corrected chi connectivity index (χ1v) is 12.5. The van der Waals surface area contributed by atoms with Crippen molar-refractivity contribution in [2.24, 2.45) is 0 Å². The van der Waals surface area contributed by atoms with E-state index in [0.29, 0.717) is 18.0 Å². The van der Waals surface area contributed by atoms with Crippen LogP contribution in [0.5, 0.6) is 0 Å². The van der Waals surface area contributed by atoms with Crippen LogP contribution in [0.2, 0.25) is 0 Å². The lowest BCUT2D eigenvalue weighted by Gasteiger charge is -2.30. The molecule has 1 aromatic heterocycles. The molecule has 0 spiro atoms. The first-order chi connectivity index (χ1) is 15.5. The van der Waals surface area contributed by atoms with Crippen LogP contribution in [0.1, 0.15) is 67.5 Å². The molecule has 3 N–H and O–H groups in total. The number of urea groups is 1. The topological polar surface area (TPSA) is 88.4 Å². The molecule has 1 aromatic carbocycles. The van der Waals surface area contributed by atoms with E-state index in [4.69, 9.17) is 4.74 Å². The largest absolute Gasteiger partial charge is 0.393 e. The number of aliphatic hydroxyl groups is 1. The SMILES string of the molecule is CCCC(CO)(OC)c1cc(SNC(=O)Nc2c3c(cc4c2CCC4)CCC3)nn1CC. The van der Waals surface area contributed by atoms with Gasteiger partial charge < -0.3 is 15.2 Å². The van der Waals surface area contributed by atoms with Crippen LogP contribution in [0.4, 0.5) is 10.5 Å². The molecule has 2 aliphatic carbocycles. The van der Waals surface area contributed by atoms with Crippen LogP contribution in [-0.4, -0.2) is 34.6 Å². The standard InChI is InChI=1S/C24H34N4O3S/c1-4-12-24(15-29,31-3)20-14-21(26-28(20)5-2)32-27-23(30)25-22-18-10-6-8-16(18)13-17-9-7-11-19(17)22/h13-14,29H,4-12,15H2,1-3H3,(H2,25,27,30). The molecule has 174 valence electrons. The summed E-state index contributed by atoms with van der Waals surface area (Å²) < 4.78 is 10.5. The van der Waals surface area contributed by atoms with Gasteiger partial charge in [-0.3, -0.25) is 9.40 Å². The number of aromatic nitrogens is 2. The second-order valence-electron chi connectivity index (χ2n) is 8.68. The zero-order valence-corrected chi connectivity index (χ0v) is 20.1. The van der Waals surface area contributed by atoms with Crippen LogP contribution >= 0.6 is 11.9 Å². The fraction of sp³-hybridized carbons (Fsp3) is 0.583. The van der Waals surface area contributed by atoms with Crippen molar-refractivity contribution >= 4 is 23.7 Å². The Morgan fingerprint density at radius 1 is 1.19 bits per heavy atom. The quantitative estimate of drug-likeness (QED) is 0.487. The van der Waals surface area contributed by atoms with E-state index in [1.807, 2.05) is 17.7 Å². The van der Waals surface area contributed by atoms with E-state index in [1.54, 1.807) is 7.11 Å². The molecule has 8 heteroatoms. The van der Waals surface area contributed by atoms with Crippen molar-refractivity contribution < 1.29 is 14.6 Å².